The minimum Gasteiger partial charge on any atom is -0.504 e. The van der Waals surface area contributed by atoms with Gasteiger partial charge < -0.3 is 106 Å². The largest absolute Gasteiger partial charge is 0.504 e. The molecule has 7 heterocycles. The fourth-order valence-corrected chi connectivity index (χ4v) is 15.5. The Labute approximate surface area is 599 Å². The number of β-amino-alcohol motifs (C(OH)–C–C–N with tert-alkyl or cyclic N) is 1. The van der Waals surface area contributed by atoms with Crippen LogP contribution in [0.15, 0.2) is 54.7 Å². The number of fused-ring (bicyclic) bond motifs is 2. The van der Waals surface area contributed by atoms with Crippen molar-refractivity contribution in [2.75, 3.05) is 81.9 Å². The van der Waals surface area contributed by atoms with E-state index in [0.717, 1.165) is 83.6 Å². The van der Waals surface area contributed by atoms with E-state index in [1.165, 1.54) is 44.4 Å². The third-order valence-corrected chi connectivity index (χ3v) is 21.5. The molecule has 0 spiro atoms. The second-order valence-corrected chi connectivity index (χ2v) is 29.8. The number of carbonyl (C=O) groups is 6. The van der Waals surface area contributed by atoms with Crippen molar-refractivity contribution < 1.29 is 96.6 Å². The maximum Gasteiger partial charge on any atom is 0.446 e. The van der Waals surface area contributed by atoms with Gasteiger partial charge in [0.25, 0.3) is 0 Å². The van der Waals surface area contributed by atoms with Crippen LogP contribution in [0.2, 0.25) is 0 Å². The zero-order chi connectivity index (χ0) is 73.8. The number of aromatic nitrogens is 4. The first kappa shape index (κ1) is 78.2. The van der Waals surface area contributed by atoms with Gasteiger partial charge in [0.1, 0.15) is 35.2 Å². The molecule has 16 N–H and O–H groups in total. The zero-order valence-electron chi connectivity index (χ0n) is 57.4. The third kappa shape index (κ3) is 20.3. The van der Waals surface area contributed by atoms with E-state index in [1.807, 2.05) is 30.3 Å². The van der Waals surface area contributed by atoms with Crippen LogP contribution in [-0.4, -0.2) is 288 Å². The lowest BCUT2D eigenvalue weighted by molar-refractivity contribution is -0.147. The number of piperidine rings is 2. The van der Waals surface area contributed by atoms with Gasteiger partial charge in [-0.25, -0.2) is 9.97 Å². The molecule has 1 aliphatic carbocycles. The molecule has 0 radical (unpaired) electrons. The number of nitrogens with one attached hydrogen (secondary N) is 6. The highest BCUT2D eigenvalue weighted by Gasteiger charge is 2.50. The van der Waals surface area contributed by atoms with E-state index in [0.29, 0.717) is 48.1 Å². The Balaban J connectivity index is 0.842. The number of amides is 6. The molecule has 6 fully saturated rings. The molecule has 2 aromatic carbocycles. The number of benzene rings is 2. The van der Waals surface area contributed by atoms with Gasteiger partial charge in [0.05, 0.1) is 79.8 Å². The van der Waals surface area contributed by atoms with Crippen LogP contribution in [0.1, 0.15) is 96.5 Å². The van der Waals surface area contributed by atoms with Crippen molar-refractivity contribution in [3.8, 4) is 33.3 Å². The number of nitrogens with zero attached hydrogens (tertiary/aromatic N) is 8. The van der Waals surface area contributed by atoms with E-state index in [-0.39, 0.29) is 37.2 Å². The summed E-state index contributed by atoms with van der Waals surface area (Å²) < 4.78 is 43.6. The van der Waals surface area contributed by atoms with Crippen LogP contribution in [-0.2, 0) is 50.3 Å². The second kappa shape index (κ2) is 35.6. The quantitative estimate of drug-likeness (QED) is 0.0354. The predicted molar refractivity (Wildman–Crippen MR) is 371 cm³/mol. The third-order valence-electron chi connectivity index (χ3n) is 20.1. The molecule has 13 atom stereocenters. The van der Waals surface area contributed by atoms with Crippen LogP contribution in [0.5, 0.6) is 11.5 Å². The molecular weight excluding hydrogens is 1380 g/mol. The van der Waals surface area contributed by atoms with Gasteiger partial charge in [-0.2, -0.15) is 8.42 Å². The molecular formula is C67H96N14O20S2. The molecule has 6 amide bonds. The smallest absolute Gasteiger partial charge is 0.446 e. The van der Waals surface area contributed by atoms with Crippen molar-refractivity contribution in [3.63, 3.8) is 0 Å². The summed E-state index contributed by atoms with van der Waals surface area (Å²) in [6.45, 7) is 2.85. The number of carbonyl (C=O) groups excluding carboxylic acids is 6. The van der Waals surface area contributed by atoms with Gasteiger partial charge in [0.2, 0.25) is 46.5 Å². The molecule has 34 nitrogen and oxygen atoms in total. The predicted octanol–water partition coefficient (Wildman–Crippen LogP) is -2.78. The number of rotatable bonds is 22. The first-order valence-corrected chi connectivity index (χ1v) is 37.4. The minimum atomic E-state index is -5.23. The van der Waals surface area contributed by atoms with Crippen molar-refractivity contribution in [1.29, 1.82) is 0 Å². The standard InChI is InChI=1S/C67H96N14O20S2/c1-36-32-81-57(58(36)90)62(94)71-31-43(85)28-48(70-30-38-16-22-79(23-17-38)67-77-76-63(102-67)41-11-9-40(10-12-41)47-14-20-69-66(72-47)78-24-18-46(19-25-78)100-45-6-4-3-5-7-45)59(91)73-54(37(2)84)64(95)80-33-44(86)29-49(80)60(92)74-55(52(89)26-39-8-13-50(87)53(27-39)101-103(97,98)99)61(93)75-56(65(81)96)51(88)15-21-68-42(34-82)35-83/h8-14,20,27,36-38,42-46,48-49,51-52,54-58,68,70,82-90H,3-7,15-19,21-26,28-35H2,1-2H3,(H,71,94)(H,73,91)(H,74,92)(H,75,93)(H,97,98,99)/t36-,37+,43+,44+,48-,49-,51+,52+,54-,55-,56-,57-,58-/m0/s1. The summed E-state index contributed by atoms with van der Waals surface area (Å²) >= 11 is 1.44. The summed E-state index contributed by atoms with van der Waals surface area (Å²) in [6, 6.07) is 0.979. The Bertz CT molecular complexity index is 3650. The molecule has 103 heavy (non-hydrogen) atoms. The highest BCUT2D eigenvalue weighted by atomic mass is 32.3. The highest BCUT2D eigenvalue weighted by molar-refractivity contribution is 7.81. The number of hydrogen-bond donors (Lipinski definition) is 16. The molecule has 6 aliphatic rings. The van der Waals surface area contributed by atoms with Crippen LogP contribution in [0.4, 0.5) is 11.1 Å². The van der Waals surface area contributed by atoms with E-state index < -0.39 is 194 Å². The Morgan fingerprint density at radius 1 is 0.718 bits per heavy atom. The average Bonchev–Trinajstić information content (AvgIpc) is 1.68. The Hall–Kier alpha value is -7.43. The number of ether oxygens (including phenoxy) is 1. The van der Waals surface area contributed by atoms with Crippen LogP contribution >= 0.6 is 11.3 Å². The second-order valence-electron chi connectivity index (χ2n) is 27.8. The van der Waals surface area contributed by atoms with Crippen molar-refractivity contribution >= 4 is 68.3 Å². The van der Waals surface area contributed by atoms with Crippen molar-refractivity contribution in [2.45, 2.75) is 188 Å². The van der Waals surface area contributed by atoms with Crippen LogP contribution in [0.25, 0.3) is 21.8 Å². The molecule has 5 saturated heterocycles. The molecule has 10 rings (SSSR count). The normalized spacial score (nSPS) is 27.0. The number of hydrogen-bond acceptors (Lipinski definition) is 28. The minimum absolute atomic E-state index is 0.0627. The van der Waals surface area contributed by atoms with E-state index in [2.05, 4.69) is 61.1 Å². The fraction of sp³-hybridized carbons (Fsp3) is 0.642. The van der Waals surface area contributed by atoms with Crippen molar-refractivity contribution in [2.24, 2.45) is 11.8 Å². The molecule has 4 aromatic rings. The summed E-state index contributed by atoms with van der Waals surface area (Å²) in [7, 11) is -5.23. The van der Waals surface area contributed by atoms with Gasteiger partial charge in [-0.05, 0) is 101 Å². The van der Waals surface area contributed by atoms with E-state index in [4.69, 9.17) is 9.72 Å². The van der Waals surface area contributed by atoms with E-state index in [9.17, 15) is 82.9 Å². The maximum absolute atomic E-state index is 15.0. The van der Waals surface area contributed by atoms with Gasteiger partial charge in [0, 0.05) is 81.9 Å². The molecule has 2 aromatic heterocycles. The fourth-order valence-electron chi connectivity index (χ4n) is 14.2. The lowest BCUT2D eigenvalue weighted by Crippen LogP contribution is -2.64. The Morgan fingerprint density at radius 3 is 2.07 bits per heavy atom. The number of phenolic OH excluding ortho intramolecular Hbond substituents is 1. The van der Waals surface area contributed by atoms with Gasteiger partial charge in [-0.1, -0.05) is 67.9 Å². The summed E-state index contributed by atoms with van der Waals surface area (Å²) in [5, 5.41) is 126. The molecule has 1 saturated carbocycles. The Kier molecular flexibility index (Phi) is 27.0. The average molecular weight is 1480 g/mol. The summed E-state index contributed by atoms with van der Waals surface area (Å²) in [4.78, 5) is 104. The van der Waals surface area contributed by atoms with Crippen LogP contribution in [0.3, 0.4) is 0 Å². The molecule has 5 aliphatic heterocycles. The van der Waals surface area contributed by atoms with Gasteiger partial charge in [-0.15, -0.1) is 10.2 Å². The van der Waals surface area contributed by atoms with E-state index >= 15 is 4.79 Å². The van der Waals surface area contributed by atoms with E-state index in [1.54, 1.807) is 6.20 Å². The molecule has 0 bridgehead atoms. The monoisotopic (exact) mass is 1480 g/mol. The lowest BCUT2D eigenvalue weighted by Gasteiger charge is -2.35. The SMILES string of the molecule is C[C@@H](O)[C@@H]1NC(=O)[C@@H](NCC2CCN(c3nnc(-c4ccc(-c5ccnc(N6CCC(OC7CCCCC7)CC6)n5)cc4)s3)CC2)C[C@@H](O)CNC(=O)[C@@H]2[C@@H](O)[C@@H](C)CN2C(=O)[C@H]([C@H](O)CCNC(CO)CO)NC(=O)[C@H]([C@H](O)Cc2ccc(O)c(OS(=O)(=O)O)c2)NC(=O)[C@@H]2C[C@@H](O)CN2C1=O. The summed E-state index contributed by atoms with van der Waals surface area (Å²) in [6.07, 6.45) is -0.774. The summed E-state index contributed by atoms with van der Waals surface area (Å²) in [5.74, 6) is -8.60. The van der Waals surface area contributed by atoms with Gasteiger partial charge in [-0.3, -0.25) is 33.3 Å². The molecule has 566 valence electrons. The van der Waals surface area contributed by atoms with Crippen molar-refractivity contribution in [3.05, 3.63) is 60.3 Å². The van der Waals surface area contributed by atoms with Crippen molar-refractivity contribution in [1.82, 2.24) is 61.9 Å². The number of phenols is 1. The first-order chi connectivity index (χ1) is 49.2. The van der Waals surface area contributed by atoms with Crippen LogP contribution in [0, 0.1) is 11.8 Å². The topological polar surface area (TPSA) is 494 Å². The number of aliphatic hydroxyl groups is 8. The maximum atomic E-state index is 15.0. The lowest BCUT2D eigenvalue weighted by atomic mass is 9.96. The highest BCUT2D eigenvalue weighted by Crippen LogP contribution is 2.35. The Morgan fingerprint density at radius 2 is 1.38 bits per heavy atom. The number of aliphatic hydroxyl groups excluding tert-OH is 8. The molecule has 36 heteroatoms. The molecule has 0 unspecified atom stereocenters. The summed E-state index contributed by atoms with van der Waals surface area (Å²) in [5.41, 5.74) is 2.51. The zero-order valence-corrected chi connectivity index (χ0v) is 59.1. The number of anilines is 2. The first-order valence-electron chi connectivity index (χ1n) is 35.2. The van der Waals surface area contributed by atoms with Gasteiger partial charge in [0.15, 0.2) is 11.5 Å². The number of aromatic hydroxyl groups is 1. The van der Waals surface area contributed by atoms with Crippen LogP contribution < -0.4 is 45.9 Å². The van der Waals surface area contributed by atoms with Gasteiger partial charge >= 0.3 is 10.4 Å².